The maximum atomic E-state index is 12.3. The van der Waals surface area contributed by atoms with Crippen LogP contribution < -0.4 is 11.5 Å². The van der Waals surface area contributed by atoms with Crippen LogP contribution in [-0.2, 0) is 16.1 Å². The summed E-state index contributed by atoms with van der Waals surface area (Å²) < 4.78 is 0. The van der Waals surface area contributed by atoms with Crippen molar-refractivity contribution in [3.05, 3.63) is 29.8 Å². The fourth-order valence-electron chi connectivity index (χ4n) is 2.14. The summed E-state index contributed by atoms with van der Waals surface area (Å²) in [4.78, 5) is 24.8. The van der Waals surface area contributed by atoms with Crippen molar-refractivity contribution in [2.45, 2.75) is 37.9 Å². The molecule has 1 fully saturated rings. The Labute approximate surface area is 117 Å². The third kappa shape index (κ3) is 3.71. The fourth-order valence-corrected chi connectivity index (χ4v) is 2.14. The first-order valence-electron chi connectivity index (χ1n) is 6.59. The van der Waals surface area contributed by atoms with Gasteiger partial charge in [0.2, 0.25) is 11.8 Å². The molecule has 0 saturated heterocycles. The van der Waals surface area contributed by atoms with Crippen molar-refractivity contribution in [1.82, 2.24) is 4.90 Å². The normalized spacial score (nSPS) is 15.7. The van der Waals surface area contributed by atoms with Crippen LogP contribution >= 0.6 is 0 Å². The number of benzene rings is 1. The Morgan fingerprint density at radius 2 is 2.10 bits per heavy atom. The molecular formula is C14H19N3O3. The molecule has 20 heavy (non-hydrogen) atoms. The van der Waals surface area contributed by atoms with Gasteiger partial charge in [0.05, 0.1) is 12.5 Å². The van der Waals surface area contributed by atoms with Crippen molar-refractivity contribution in [3.63, 3.8) is 0 Å². The first-order chi connectivity index (χ1) is 9.47. The van der Waals surface area contributed by atoms with Crippen LogP contribution in [0.1, 0.15) is 24.8 Å². The quantitative estimate of drug-likeness (QED) is 0.684. The van der Waals surface area contributed by atoms with Crippen LogP contribution in [0.3, 0.4) is 0 Å². The van der Waals surface area contributed by atoms with Gasteiger partial charge in [-0.15, -0.1) is 0 Å². The molecule has 1 aliphatic carbocycles. The molecule has 2 amide bonds. The van der Waals surface area contributed by atoms with Gasteiger partial charge in [-0.3, -0.25) is 9.59 Å². The molecule has 0 aromatic heterocycles. The second-order valence-electron chi connectivity index (χ2n) is 5.14. The zero-order chi connectivity index (χ0) is 14.7. The van der Waals surface area contributed by atoms with Gasteiger partial charge < -0.3 is 21.5 Å². The van der Waals surface area contributed by atoms with E-state index in [9.17, 15) is 14.7 Å². The number of hydrogen-bond acceptors (Lipinski definition) is 4. The highest BCUT2D eigenvalue weighted by molar-refractivity contribution is 5.87. The molecule has 1 unspecified atom stereocenters. The zero-order valence-electron chi connectivity index (χ0n) is 11.2. The van der Waals surface area contributed by atoms with Gasteiger partial charge in [0.1, 0.15) is 5.75 Å². The monoisotopic (exact) mass is 277 g/mol. The second kappa shape index (κ2) is 5.92. The van der Waals surface area contributed by atoms with Gasteiger partial charge in [0.15, 0.2) is 0 Å². The van der Waals surface area contributed by atoms with Crippen LogP contribution in [0.5, 0.6) is 5.75 Å². The van der Waals surface area contributed by atoms with Crippen molar-refractivity contribution < 1.29 is 14.7 Å². The van der Waals surface area contributed by atoms with Gasteiger partial charge in [0, 0.05) is 12.6 Å². The minimum Gasteiger partial charge on any atom is -0.508 e. The summed E-state index contributed by atoms with van der Waals surface area (Å²) in [5.74, 6) is -0.694. The summed E-state index contributed by atoms with van der Waals surface area (Å²) in [5.41, 5.74) is 11.6. The molecule has 5 N–H and O–H groups in total. The average molecular weight is 277 g/mol. The Hall–Kier alpha value is -2.08. The number of aromatic hydroxyl groups is 1. The molecule has 0 bridgehead atoms. The van der Waals surface area contributed by atoms with Gasteiger partial charge in [-0.05, 0) is 30.5 Å². The van der Waals surface area contributed by atoms with Crippen LogP contribution in [0.4, 0.5) is 0 Å². The number of primary amides is 1. The maximum absolute atomic E-state index is 12.3. The summed E-state index contributed by atoms with van der Waals surface area (Å²) >= 11 is 0. The van der Waals surface area contributed by atoms with Crippen LogP contribution in [-0.4, -0.2) is 33.9 Å². The lowest BCUT2D eigenvalue weighted by Gasteiger charge is -2.25. The molecule has 0 radical (unpaired) electrons. The van der Waals surface area contributed by atoms with Gasteiger partial charge in [-0.2, -0.15) is 0 Å². The molecular weight excluding hydrogens is 258 g/mol. The van der Waals surface area contributed by atoms with E-state index in [1.807, 2.05) is 6.07 Å². The lowest BCUT2D eigenvalue weighted by molar-refractivity contribution is -0.135. The summed E-state index contributed by atoms with van der Waals surface area (Å²) in [5, 5.41) is 9.46. The SMILES string of the molecule is NC(=O)CC(N)C(=O)N(Cc1cccc(O)c1)C1CC1. The highest BCUT2D eigenvalue weighted by atomic mass is 16.3. The number of nitrogens with zero attached hydrogens (tertiary/aromatic N) is 1. The molecule has 0 aliphatic heterocycles. The fraction of sp³-hybridized carbons (Fsp3) is 0.429. The molecule has 0 heterocycles. The smallest absolute Gasteiger partial charge is 0.240 e. The van der Waals surface area contributed by atoms with E-state index < -0.39 is 11.9 Å². The van der Waals surface area contributed by atoms with Crippen LogP contribution in [0.2, 0.25) is 0 Å². The van der Waals surface area contributed by atoms with Crippen LogP contribution in [0.25, 0.3) is 0 Å². The highest BCUT2D eigenvalue weighted by Crippen LogP contribution is 2.29. The molecule has 1 saturated carbocycles. The number of carbonyl (C=O) groups is 2. The predicted molar refractivity (Wildman–Crippen MR) is 73.5 cm³/mol. The zero-order valence-corrected chi connectivity index (χ0v) is 11.2. The Morgan fingerprint density at radius 1 is 1.40 bits per heavy atom. The lowest BCUT2D eigenvalue weighted by atomic mass is 10.1. The summed E-state index contributed by atoms with van der Waals surface area (Å²) in [7, 11) is 0. The predicted octanol–water partition coefficient (Wildman–Crippen LogP) is 0.0859. The second-order valence-corrected chi connectivity index (χ2v) is 5.14. The van der Waals surface area contributed by atoms with Crippen molar-refractivity contribution in [3.8, 4) is 5.75 Å². The number of rotatable bonds is 6. The molecule has 1 aliphatic rings. The van der Waals surface area contributed by atoms with Gasteiger partial charge in [-0.25, -0.2) is 0 Å². The van der Waals surface area contributed by atoms with E-state index in [1.54, 1.807) is 23.1 Å². The molecule has 1 aromatic carbocycles. The number of hydrogen-bond donors (Lipinski definition) is 3. The summed E-state index contributed by atoms with van der Waals surface area (Å²) in [6.45, 7) is 0.379. The van der Waals surface area contributed by atoms with Crippen molar-refractivity contribution >= 4 is 11.8 Å². The van der Waals surface area contributed by atoms with Crippen LogP contribution in [0.15, 0.2) is 24.3 Å². The number of carbonyl (C=O) groups excluding carboxylic acids is 2. The van der Waals surface area contributed by atoms with Crippen LogP contribution in [0, 0.1) is 0 Å². The average Bonchev–Trinajstić information content (AvgIpc) is 3.18. The Morgan fingerprint density at radius 3 is 2.65 bits per heavy atom. The maximum Gasteiger partial charge on any atom is 0.240 e. The number of phenolic OH excluding ortho intramolecular Hbond substituents is 1. The largest absolute Gasteiger partial charge is 0.508 e. The van der Waals surface area contributed by atoms with Crippen molar-refractivity contribution in [2.75, 3.05) is 0 Å². The van der Waals surface area contributed by atoms with E-state index in [0.29, 0.717) is 6.54 Å². The Balaban J connectivity index is 2.07. The molecule has 1 aromatic rings. The molecule has 2 rings (SSSR count). The molecule has 108 valence electrons. The molecule has 6 nitrogen and oxygen atoms in total. The Bertz CT molecular complexity index is 514. The molecule has 0 spiro atoms. The van der Waals surface area contributed by atoms with E-state index in [-0.39, 0.29) is 24.1 Å². The number of amides is 2. The van der Waals surface area contributed by atoms with Gasteiger partial charge in [-0.1, -0.05) is 12.1 Å². The molecule has 6 heteroatoms. The first kappa shape index (κ1) is 14.3. The third-order valence-corrected chi connectivity index (χ3v) is 3.27. The third-order valence-electron chi connectivity index (χ3n) is 3.27. The minimum atomic E-state index is -0.898. The van der Waals surface area contributed by atoms with E-state index in [4.69, 9.17) is 11.5 Å². The topological polar surface area (TPSA) is 110 Å². The van der Waals surface area contributed by atoms with E-state index in [0.717, 1.165) is 18.4 Å². The van der Waals surface area contributed by atoms with E-state index in [2.05, 4.69) is 0 Å². The summed E-state index contributed by atoms with van der Waals surface area (Å²) in [6.07, 6.45) is 1.73. The standard InChI is InChI=1S/C14H19N3O3/c15-12(7-13(16)19)14(20)17(10-4-5-10)8-9-2-1-3-11(18)6-9/h1-3,6,10,12,18H,4-5,7-8,15H2,(H2,16,19). The first-order valence-corrected chi connectivity index (χ1v) is 6.59. The van der Waals surface area contributed by atoms with Crippen molar-refractivity contribution in [2.24, 2.45) is 11.5 Å². The number of nitrogens with two attached hydrogens (primary N) is 2. The highest BCUT2D eigenvalue weighted by Gasteiger charge is 2.35. The minimum absolute atomic E-state index is 0.151. The molecule has 1 atom stereocenters. The summed E-state index contributed by atoms with van der Waals surface area (Å²) in [6, 6.07) is 6.02. The van der Waals surface area contributed by atoms with Crippen molar-refractivity contribution in [1.29, 1.82) is 0 Å². The van der Waals surface area contributed by atoms with E-state index in [1.165, 1.54) is 0 Å². The lowest BCUT2D eigenvalue weighted by Crippen LogP contribution is -2.46. The Kier molecular flexibility index (Phi) is 4.24. The van der Waals surface area contributed by atoms with Gasteiger partial charge >= 0.3 is 0 Å². The van der Waals surface area contributed by atoms with E-state index >= 15 is 0 Å². The number of phenols is 1. The van der Waals surface area contributed by atoms with Gasteiger partial charge in [0.25, 0.3) is 0 Å².